The van der Waals surface area contributed by atoms with Crippen molar-refractivity contribution >= 4 is 60.5 Å². The maximum Gasteiger partial charge on any atom is 0.0702 e. The second-order valence-corrected chi connectivity index (χ2v) is 7.45. The van der Waals surface area contributed by atoms with Crippen LogP contribution in [0, 0.1) is 0 Å². The maximum atomic E-state index is 6.17. The lowest BCUT2D eigenvalue weighted by molar-refractivity contribution is 0.908. The van der Waals surface area contributed by atoms with Gasteiger partial charge in [-0.15, -0.1) is 11.3 Å². The number of hydrogen-bond acceptors (Lipinski definition) is 2. The van der Waals surface area contributed by atoms with Crippen LogP contribution in [-0.2, 0) is 0 Å². The molecule has 0 saturated heterocycles. The molecule has 0 fully saturated rings. The van der Waals surface area contributed by atoms with Crippen LogP contribution >= 0.6 is 54.8 Å². The summed E-state index contributed by atoms with van der Waals surface area (Å²) in [6, 6.07) is 10.3. The number of anilines is 1. The maximum absolute atomic E-state index is 6.17. The Morgan fingerprint density at radius 1 is 1.24 bits per heavy atom. The van der Waals surface area contributed by atoms with Gasteiger partial charge in [0.1, 0.15) is 0 Å². The predicted octanol–water partition coefficient (Wildman–Crippen LogP) is 6.10. The molecule has 1 N–H and O–H groups in total. The number of hydrogen-bond donors (Lipinski definition) is 1. The molecule has 0 aliphatic rings. The summed E-state index contributed by atoms with van der Waals surface area (Å²) in [7, 11) is 0. The second kappa shape index (κ2) is 5.74. The van der Waals surface area contributed by atoms with Gasteiger partial charge in [-0.2, -0.15) is 0 Å². The van der Waals surface area contributed by atoms with E-state index in [9.17, 15) is 0 Å². The average molecular weight is 396 g/mol. The van der Waals surface area contributed by atoms with Crippen LogP contribution in [0.2, 0.25) is 5.02 Å². The first kappa shape index (κ1) is 13.4. The first-order chi connectivity index (χ1) is 8.06. The normalized spacial score (nSPS) is 12.5. The third-order valence-electron chi connectivity index (χ3n) is 2.32. The van der Waals surface area contributed by atoms with Gasteiger partial charge in [0.05, 0.1) is 20.5 Å². The summed E-state index contributed by atoms with van der Waals surface area (Å²) in [5, 5.41) is 4.13. The Labute approximate surface area is 126 Å². The highest BCUT2D eigenvalue weighted by Gasteiger charge is 2.09. The molecule has 1 aromatic carbocycles. The van der Waals surface area contributed by atoms with Crippen LogP contribution in [0.3, 0.4) is 0 Å². The van der Waals surface area contributed by atoms with Crippen molar-refractivity contribution in [2.24, 2.45) is 0 Å². The minimum atomic E-state index is 0.241. The Morgan fingerprint density at radius 2 is 2.00 bits per heavy atom. The molecular weight excluding hydrogens is 385 g/mol. The van der Waals surface area contributed by atoms with Gasteiger partial charge in [0.2, 0.25) is 0 Å². The Balaban J connectivity index is 2.15. The summed E-state index contributed by atoms with van der Waals surface area (Å²) in [4.78, 5) is 1.27. The van der Waals surface area contributed by atoms with E-state index in [1.54, 1.807) is 11.3 Å². The molecule has 1 aromatic heterocycles. The van der Waals surface area contributed by atoms with Crippen molar-refractivity contribution in [3.05, 3.63) is 48.5 Å². The molecule has 90 valence electrons. The van der Waals surface area contributed by atoms with Crippen LogP contribution in [0.15, 0.2) is 38.6 Å². The molecule has 0 spiro atoms. The molecule has 0 aliphatic carbocycles. The minimum absolute atomic E-state index is 0.241. The minimum Gasteiger partial charge on any atom is -0.377 e. The van der Waals surface area contributed by atoms with E-state index in [1.807, 2.05) is 18.2 Å². The molecule has 17 heavy (non-hydrogen) atoms. The van der Waals surface area contributed by atoms with E-state index in [0.29, 0.717) is 0 Å². The van der Waals surface area contributed by atoms with Gasteiger partial charge in [0.15, 0.2) is 0 Å². The highest BCUT2D eigenvalue weighted by Crippen LogP contribution is 2.32. The van der Waals surface area contributed by atoms with Gasteiger partial charge < -0.3 is 5.32 Å². The number of nitrogens with one attached hydrogen (secondary N) is 1. The van der Waals surface area contributed by atoms with Crippen molar-refractivity contribution in [1.29, 1.82) is 0 Å². The highest BCUT2D eigenvalue weighted by molar-refractivity contribution is 9.11. The largest absolute Gasteiger partial charge is 0.377 e. The molecule has 0 radical (unpaired) electrons. The molecule has 0 saturated carbocycles. The lowest BCUT2D eigenvalue weighted by atomic mass is 10.2. The highest BCUT2D eigenvalue weighted by atomic mass is 79.9. The molecule has 2 aromatic rings. The third kappa shape index (κ3) is 3.47. The molecule has 2 rings (SSSR count). The molecule has 0 bridgehead atoms. The van der Waals surface area contributed by atoms with E-state index in [-0.39, 0.29) is 6.04 Å². The molecule has 0 aliphatic heterocycles. The third-order valence-corrected chi connectivity index (χ3v) is 4.94. The van der Waals surface area contributed by atoms with Gasteiger partial charge in [0.25, 0.3) is 0 Å². The zero-order valence-electron chi connectivity index (χ0n) is 9.01. The smallest absolute Gasteiger partial charge is 0.0702 e. The van der Waals surface area contributed by atoms with Gasteiger partial charge in [-0.3, -0.25) is 0 Å². The molecule has 5 heteroatoms. The summed E-state index contributed by atoms with van der Waals surface area (Å²) in [5.74, 6) is 0. The van der Waals surface area contributed by atoms with Gasteiger partial charge in [-0.1, -0.05) is 27.5 Å². The summed E-state index contributed by atoms with van der Waals surface area (Å²) in [6.07, 6.45) is 0. The lowest BCUT2D eigenvalue weighted by Gasteiger charge is -2.15. The molecule has 0 amide bonds. The molecule has 1 atom stereocenters. The monoisotopic (exact) mass is 393 g/mol. The van der Waals surface area contributed by atoms with Crippen LogP contribution in [0.5, 0.6) is 0 Å². The van der Waals surface area contributed by atoms with E-state index in [4.69, 9.17) is 11.6 Å². The SMILES string of the molecule is CC(Nc1ccc(Br)cc1Cl)c1ccc(Br)s1. The van der Waals surface area contributed by atoms with E-state index in [2.05, 4.69) is 56.2 Å². The predicted molar refractivity (Wildman–Crippen MR) is 83.2 cm³/mol. The van der Waals surface area contributed by atoms with Crippen molar-refractivity contribution < 1.29 is 0 Å². The van der Waals surface area contributed by atoms with Gasteiger partial charge in [-0.05, 0) is 53.2 Å². The topological polar surface area (TPSA) is 12.0 Å². The molecular formula is C12H10Br2ClNS. The summed E-state index contributed by atoms with van der Waals surface area (Å²) < 4.78 is 2.13. The van der Waals surface area contributed by atoms with Crippen LogP contribution in [-0.4, -0.2) is 0 Å². The Kier molecular flexibility index (Phi) is 4.53. The summed E-state index contributed by atoms with van der Waals surface area (Å²) >= 11 is 14.8. The van der Waals surface area contributed by atoms with Crippen LogP contribution < -0.4 is 5.32 Å². The second-order valence-electron chi connectivity index (χ2n) is 3.63. The van der Waals surface area contributed by atoms with Crippen molar-refractivity contribution in [2.75, 3.05) is 5.32 Å². The van der Waals surface area contributed by atoms with Gasteiger partial charge in [-0.25, -0.2) is 0 Å². The number of rotatable bonds is 3. The molecule has 1 nitrogen and oxygen atoms in total. The van der Waals surface area contributed by atoms with Crippen molar-refractivity contribution in [1.82, 2.24) is 0 Å². The van der Waals surface area contributed by atoms with Gasteiger partial charge >= 0.3 is 0 Å². The van der Waals surface area contributed by atoms with E-state index in [1.165, 1.54) is 4.88 Å². The van der Waals surface area contributed by atoms with Crippen molar-refractivity contribution in [3.8, 4) is 0 Å². The summed E-state index contributed by atoms with van der Waals surface area (Å²) in [5.41, 5.74) is 0.951. The first-order valence-corrected chi connectivity index (χ1v) is 7.81. The fourth-order valence-corrected chi connectivity index (χ4v) is 3.63. The number of thiophene rings is 1. The van der Waals surface area contributed by atoms with Crippen molar-refractivity contribution in [2.45, 2.75) is 13.0 Å². The average Bonchev–Trinajstić information content (AvgIpc) is 2.69. The zero-order valence-corrected chi connectivity index (χ0v) is 13.8. The standard InChI is InChI=1S/C12H10Br2ClNS/c1-7(11-4-5-12(14)17-11)16-10-3-2-8(13)6-9(10)15/h2-7,16H,1H3. The van der Waals surface area contributed by atoms with Crippen LogP contribution in [0.1, 0.15) is 17.8 Å². The number of halogens is 3. The van der Waals surface area contributed by atoms with Gasteiger partial charge in [0, 0.05) is 9.35 Å². The molecule has 1 unspecified atom stereocenters. The first-order valence-electron chi connectivity index (χ1n) is 5.03. The van der Waals surface area contributed by atoms with Crippen LogP contribution in [0.25, 0.3) is 0 Å². The lowest BCUT2D eigenvalue weighted by Crippen LogP contribution is -2.05. The van der Waals surface area contributed by atoms with E-state index >= 15 is 0 Å². The Bertz CT molecular complexity index is 527. The fraction of sp³-hybridized carbons (Fsp3) is 0.167. The fourth-order valence-electron chi connectivity index (χ4n) is 1.47. The quantitative estimate of drug-likeness (QED) is 0.662. The van der Waals surface area contributed by atoms with E-state index in [0.717, 1.165) is 19.0 Å². The number of benzene rings is 1. The molecule has 1 heterocycles. The Morgan fingerprint density at radius 3 is 2.59 bits per heavy atom. The van der Waals surface area contributed by atoms with E-state index < -0.39 is 0 Å². The zero-order chi connectivity index (χ0) is 12.4. The van der Waals surface area contributed by atoms with Crippen LogP contribution in [0.4, 0.5) is 5.69 Å². The Hall–Kier alpha value is -0.0300. The van der Waals surface area contributed by atoms with Crippen molar-refractivity contribution in [3.63, 3.8) is 0 Å². The summed E-state index contributed by atoms with van der Waals surface area (Å²) in [6.45, 7) is 2.12.